The number of hydrogen-bond donors (Lipinski definition) is 1. The summed E-state index contributed by atoms with van der Waals surface area (Å²) in [5.74, 6) is 2.08. The molecule has 0 heterocycles. The molecule has 0 bridgehead atoms. The smallest absolute Gasteiger partial charge is 0.310 e. The van der Waals surface area contributed by atoms with E-state index in [0.29, 0.717) is 17.3 Å². The largest absolute Gasteiger partial charge is 0.481 e. The van der Waals surface area contributed by atoms with E-state index in [1.165, 1.54) is 57.8 Å². The molecule has 0 spiro atoms. The Morgan fingerprint density at radius 2 is 1.76 bits per heavy atom. The van der Waals surface area contributed by atoms with E-state index in [4.69, 9.17) is 0 Å². The fraction of sp³-hybridized carbons (Fsp3) is 0.947. The highest BCUT2D eigenvalue weighted by atomic mass is 16.4. The minimum atomic E-state index is -0.441. The molecule has 0 saturated heterocycles. The van der Waals surface area contributed by atoms with Gasteiger partial charge in [0, 0.05) is 0 Å². The van der Waals surface area contributed by atoms with Crippen LogP contribution in [0.3, 0.4) is 0 Å². The van der Waals surface area contributed by atoms with Gasteiger partial charge in [0.25, 0.3) is 0 Å². The quantitative estimate of drug-likeness (QED) is 0.747. The van der Waals surface area contributed by atoms with Crippen LogP contribution in [0.2, 0.25) is 0 Å². The van der Waals surface area contributed by atoms with Gasteiger partial charge in [-0.1, -0.05) is 26.2 Å². The minimum Gasteiger partial charge on any atom is -0.481 e. The molecule has 4 rings (SSSR count). The fourth-order valence-corrected chi connectivity index (χ4v) is 7.32. The highest BCUT2D eigenvalue weighted by molar-refractivity contribution is 5.76. The summed E-state index contributed by atoms with van der Waals surface area (Å²) in [6, 6.07) is 0. The average molecular weight is 290 g/mol. The van der Waals surface area contributed by atoms with Crippen molar-refractivity contribution in [3.8, 4) is 0 Å². The molecule has 6 atom stereocenters. The van der Waals surface area contributed by atoms with E-state index in [1.807, 2.05) is 0 Å². The molecule has 0 radical (unpaired) electrons. The number of carbonyl (C=O) groups is 1. The maximum absolute atomic E-state index is 12.3. The van der Waals surface area contributed by atoms with Gasteiger partial charge in [0.2, 0.25) is 0 Å². The predicted octanol–water partition coefficient (Wildman–Crippen LogP) is 4.87. The van der Waals surface area contributed by atoms with Gasteiger partial charge in [-0.05, 0) is 80.5 Å². The van der Waals surface area contributed by atoms with Crippen LogP contribution in [-0.2, 0) is 4.79 Å². The van der Waals surface area contributed by atoms with Crippen LogP contribution in [0.25, 0.3) is 0 Å². The second kappa shape index (κ2) is 4.73. The Labute approximate surface area is 128 Å². The van der Waals surface area contributed by atoms with Gasteiger partial charge in [0.1, 0.15) is 0 Å². The van der Waals surface area contributed by atoms with E-state index >= 15 is 0 Å². The molecule has 0 aromatic heterocycles. The van der Waals surface area contributed by atoms with Gasteiger partial charge >= 0.3 is 5.97 Å². The summed E-state index contributed by atoms with van der Waals surface area (Å²) < 4.78 is 0. The Kier molecular flexibility index (Phi) is 3.17. The Hall–Kier alpha value is -0.530. The standard InChI is InChI=1S/C19H30O2/c1-18-10-4-6-15(18)14-8-7-13-5-2-3-11-19(13,17(20)21)16(14)9-12-18/h13-16H,2-12H2,1H3,(H,20,21)/t13?,14-,15-,16+,18-,19+/m0/s1. The molecule has 118 valence electrons. The lowest BCUT2D eigenvalue weighted by Gasteiger charge is -2.59. The summed E-state index contributed by atoms with van der Waals surface area (Å²) in [5, 5.41) is 10.2. The zero-order valence-corrected chi connectivity index (χ0v) is 13.4. The van der Waals surface area contributed by atoms with Crippen LogP contribution in [-0.4, -0.2) is 11.1 Å². The van der Waals surface area contributed by atoms with Gasteiger partial charge in [-0.15, -0.1) is 0 Å². The summed E-state index contributed by atoms with van der Waals surface area (Å²) in [4.78, 5) is 12.3. The minimum absolute atomic E-state index is 0.342. The molecule has 0 aromatic rings. The molecule has 4 saturated carbocycles. The van der Waals surface area contributed by atoms with Crippen LogP contribution in [0.15, 0.2) is 0 Å². The van der Waals surface area contributed by atoms with Crippen molar-refractivity contribution in [3.63, 3.8) is 0 Å². The first kappa shape index (κ1) is 14.1. The lowest BCUT2D eigenvalue weighted by molar-refractivity contribution is -0.178. The molecular formula is C19H30O2. The first-order valence-electron chi connectivity index (χ1n) is 9.31. The molecule has 0 aromatic carbocycles. The third-order valence-electron chi connectivity index (χ3n) is 8.25. The maximum Gasteiger partial charge on any atom is 0.310 e. The van der Waals surface area contributed by atoms with Crippen molar-refractivity contribution < 1.29 is 9.90 Å². The number of carboxylic acids is 1. The summed E-state index contributed by atoms with van der Waals surface area (Å²) in [6.07, 6.45) is 13.7. The van der Waals surface area contributed by atoms with Crippen molar-refractivity contribution in [1.29, 1.82) is 0 Å². The molecule has 4 fully saturated rings. The zero-order valence-electron chi connectivity index (χ0n) is 13.4. The Morgan fingerprint density at radius 3 is 2.57 bits per heavy atom. The maximum atomic E-state index is 12.3. The molecule has 0 amide bonds. The second-order valence-corrected chi connectivity index (χ2v) is 8.83. The molecule has 1 unspecified atom stereocenters. The lowest BCUT2D eigenvalue weighted by Crippen LogP contribution is -2.56. The number of aliphatic carboxylic acids is 1. The third kappa shape index (κ3) is 1.80. The van der Waals surface area contributed by atoms with Crippen LogP contribution in [0.5, 0.6) is 0 Å². The predicted molar refractivity (Wildman–Crippen MR) is 82.9 cm³/mol. The SMILES string of the molecule is C[C@@]12CCC[C@H]1[C@@H]1CCC3CCCC[C@]3(C(=O)O)[C@@H]1CC2. The molecule has 4 aliphatic rings. The first-order valence-corrected chi connectivity index (χ1v) is 9.31. The fourth-order valence-electron chi connectivity index (χ4n) is 7.32. The van der Waals surface area contributed by atoms with Crippen molar-refractivity contribution >= 4 is 5.97 Å². The van der Waals surface area contributed by atoms with E-state index in [9.17, 15) is 9.90 Å². The summed E-state index contributed by atoms with van der Waals surface area (Å²) >= 11 is 0. The number of rotatable bonds is 1. The van der Waals surface area contributed by atoms with Crippen molar-refractivity contribution in [2.75, 3.05) is 0 Å². The Balaban J connectivity index is 1.71. The molecule has 2 nitrogen and oxygen atoms in total. The Morgan fingerprint density at radius 1 is 0.905 bits per heavy atom. The lowest BCUT2D eigenvalue weighted by atomic mass is 9.45. The first-order chi connectivity index (χ1) is 10.1. The highest BCUT2D eigenvalue weighted by Gasteiger charge is 2.61. The van der Waals surface area contributed by atoms with E-state index in [-0.39, 0.29) is 5.41 Å². The van der Waals surface area contributed by atoms with Crippen molar-refractivity contribution in [2.24, 2.45) is 34.5 Å². The van der Waals surface area contributed by atoms with E-state index < -0.39 is 5.97 Å². The van der Waals surface area contributed by atoms with Crippen LogP contribution in [0, 0.1) is 34.5 Å². The number of hydrogen-bond acceptors (Lipinski definition) is 1. The van der Waals surface area contributed by atoms with E-state index in [0.717, 1.165) is 24.7 Å². The number of fused-ring (bicyclic) bond motifs is 5. The Bertz CT molecular complexity index is 445. The molecule has 4 aliphatic carbocycles. The van der Waals surface area contributed by atoms with Crippen molar-refractivity contribution in [1.82, 2.24) is 0 Å². The summed E-state index contributed by atoms with van der Waals surface area (Å²) in [6.45, 7) is 2.50. The summed E-state index contributed by atoms with van der Waals surface area (Å²) in [7, 11) is 0. The molecular weight excluding hydrogens is 260 g/mol. The van der Waals surface area contributed by atoms with Gasteiger partial charge < -0.3 is 5.11 Å². The van der Waals surface area contributed by atoms with Crippen molar-refractivity contribution in [3.05, 3.63) is 0 Å². The zero-order chi connectivity index (χ0) is 14.7. The van der Waals surface area contributed by atoms with Crippen LogP contribution < -0.4 is 0 Å². The van der Waals surface area contributed by atoms with Gasteiger partial charge in [-0.25, -0.2) is 0 Å². The van der Waals surface area contributed by atoms with Crippen LogP contribution in [0.4, 0.5) is 0 Å². The average Bonchev–Trinajstić information content (AvgIpc) is 2.88. The highest BCUT2D eigenvalue weighted by Crippen LogP contribution is 2.66. The van der Waals surface area contributed by atoms with Crippen LogP contribution in [0.1, 0.15) is 77.6 Å². The molecule has 2 heteroatoms. The molecule has 21 heavy (non-hydrogen) atoms. The van der Waals surface area contributed by atoms with Gasteiger partial charge in [0.15, 0.2) is 0 Å². The van der Waals surface area contributed by atoms with Gasteiger partial charge in [-0.3, -0.25) is 4.79 Å². The summed E-state index contributed by atoms with van der Waals surface area (Å²) in [5.41, 5.74) is 0.202. The van der Waals surface area contributed by atoms with E-state index in [2.05, 4.69) is 6.92 Å². The number of carboxylic acid groups (broad SMARTS) is 1. The van der Waals surface area contributed by atoms with Gasteiger partial charge in [-0.2, -0.15) is 0 Å². The van der Waals surface area contributed by atoms with Gasteiger partial charge in [0.05, 0.1) is 5.41 Å². The van der Waals surface area contributed by atoms with E-state index in [1.54, 1.807) is 0 Å². The van der Waals surface area contributed by atoms with Crippen molar-refractivity contribution in [2.45, 2.75) is 77.6 Å². The topological polar surface area (TPSA) is 37.3 Å². The second-order valence-electron chi connectivity index (χ2n) is 8.83. The third-order valence-corrected chi connectivity index (χ3v) is 8.25. The monoisotopic (exact) mass is 290 g/mol. The molecule has 0 aliphatic heterocycles. The van der Waals surface area contributed by atoms with Crippen LogP contribution >= 0.6 is 0 Å². The molecule has 1 N–H and O–H groups in total. The normalized spacial score (nSPS) is 52.6.